The summed E-state index contributed by atoms with van der Waals surface area (Å²) in [5.74, 6) is 0.216. The predicted molar refractivity (Wildman–Crippen MR) is 84.1 cm³/mol. The lowest BCUT2D eigenvalue weighted by Gasteiger charge is -2.07. The van der Waals surface area contributed by atoms with Crippen LogP contribution in [0.5, 0.6) is 5.75 Å². The summed E-state index contributed by atoms with van der Waals surface area (Å²) in [6, 6.07) is 10.2. The van der Waals surface area contributed by atoms with Gasteiger partial charge in [0.05, 0.1) is 18.6 Å². The van der Waals surface area contributed by atoms with Crippen LogP contribution in [0.4, 0.5) is 5.69 Å². The fourth-order valence-corrected chi connectivity index (χ4v) is 1.81. The molecular weight excluding hydrogens is 296 g/mol. The number of nitriles is 1. The first-order valence-electron chi connectivity index (χ1n) is 6.95. The summed E-state index contributed by atoms with van der Waals surface area (Å²) in [7, 11) is 1.57. The first-order chi connectivity index (χ1) is 11.1. The number of rotatable bonds is 6. The van der Waals surface area contributed by atoms with Gasteiger partial charge in [0.25, 0.3) is 5.91 Å². The maximum atomic E-state index is 12.0. The van der Waals surface area contributed by atoms with Crippen LogP contribution in [0.2, 0.25) is 0 Å². The quantitative estimate of drug-likeness (QED) is 0.754. The number of anilines is 1. The van der Waals surface area contributed by atoms with Gasteiger partial charge in [0.2, 0.25) is 5.91 Å². The number of hydrogen-bond acceptors (Lipinski definition) is 4. The Hall–Kier alpha value is -3.27. The number of benzene rings is 1. The summed E-state index contributed by atoms with van der Waals surface area (Å²) >= 11 is 0. The number of aromatic amines is 1. The number of carbonyl (C=O) groups excluding carboxylic acids is 2. The maximum absolute atomic E-state index is 12.0. The highest BCUT2D eigenvalue weighted by Gasteiger charge is 2.08. The largest absolute Gasteiger partial charge is 0.493 e. The van der Waals surface area contributed by atoms with Crippen molar-refractivity contribution in [2.24, 2.45) is 0 Å². The van der Waals surface area contributed by atoms with Gasteiger partial charge in [-0.2, -0.15) is 5.26 Å². The number of H-pyrrole nitrogens is 1. The van der Waals surface area contributed by atoms with Crippen molar-refractivity contribution in [2.75, 3.05) is 19.0 Å². The maximum Gasteiger partial charge on any atom is 0.257 e. The molecule has 0 aliphatic rings. The molecule has 0 atom stereocenters. The Labute approximate surface area is 133 Å². The van der Waals surface area contributed by atoms with Crippen LogP contribution in [0.25, 0.3) is 0 Å². The van der Waals surface area contributed by atoms with Gasteiger partial charge in [-0.3, -0.25) is 9.59 Å². The highest BCUT2D eigenvalue weighted by atomic mass is 16.5. The SMILES string of the molecule is CNC(=O)CCOc1ccc(NC(=O)c2c[nH]c(C#N)c2)cc1. The molecule has 2 aromatic rings. The summed E-state index contributed by atoms with van der Waals surface area (Å²) in [5.41, 5.74) is 1.32. The minimum absolute atomic E-state index is 0.0860. The van der Waals surface area contributed by atoms with Crippen molar-refractivity contribution in [2.45, 2.75) is 6.42 Å². The summed E-state index contributed by atoms with van der Waals surface area (Å²) in [6.45, 7) is 0.283. The number of nitrogens with one attached hydrogen (secondary N) is 3. The van der Waals surface area contributed by atoms with E-state index in [1.54, 1.807) is 31.3 Å². The van der Waals surface area contributed by atoms with Gasteiger partial charge in [-0.1, -0.05) is 0 Å². The standard InChI is InChI=1S/C16H16N4O3/c1-18-15(21)6-7-23-14-4-2-12(3-5-14)20-16(22)11-8-13(9-17)19-10-11/h2-5,8,10,19H,6-7H2,1H3,(H,18,21)(H,20,22). The van der Waals surface area contributed by atoms with Crippen molar-refractivity contribution in [1.29, 1.82) is 5.26 Å². The smallest absolute Gasteiger partial charge is 0.257 e. The first kappa shape index (κ1) is 16.1. The van der Waals surface area contributed by atoms with Crippen molar-refractivity contribution in [3.05, 3.63) is 47.8 Å². The molecule has 2 amide bonds. The number of nitrogens with zero attached hydrogens (tertiary/aromatic N) is 1. The van der Waals surface area contributed by atoms with E-state index >= 15 is 0 Å². The zero-order chi connectivity index (χ0) is 16.7. The summed E-state index contributed by atoms with van der Waals surface area (Å²) in [4.78, 5) is 25.8. The van der Waals surface area contributed by atoms with Crippen LogP contribution < -0.4 is 15.4 Å². The van der Waals surface area contributed by atoms with Gasteiger partial charge >= 0.3 is 0 Å². The summed E-state index contributed by atoms with van der Waals surface area (Å²) in [6.07, 6.45) is 1.76. The Balaban J connectivity index is 1.88. The van der Waals surface area contributed by atoms with E-state index in [9.17, 15) is 9.59 Å². The summed E-state index contributed by atoms with van der Waals surface area (Å²) < 4.78 is 5.43. The fourth-order valence-electron chi connectivity index (χ4n) is 1.81. The van der Waals surface area contributed by atoms with Gasteiger partial charge in [-0.25, -0.2) is 0 Å². The molecule has 0 saturated carbocycles. The fraction of sp³-hybridized carbons (Fsp3) is 0.188. The van der Waals surface area contributed by atoms with Crippen LogP contribution in [0.3, 0.4) is 0 Å². The van der Waals surface area contributed by atoms with Crippen LogP contribution in [0.1, 0.15) is 22.5 Å². The third-order valence-electron chi connectivity index (χ3n) is 3.05. The van der Waals surface area contributed by atoms with Crippen molar-refractivity contribution in [1.82, 2.24) is 10.3 Å². The van der Waals surface area contributed by atoms with Crippen molar-refractivity contribution in [3.63, 3.8) is 0 Å². The molecule has 1 aromatic heterocycles. The van der Waals surface area contributed by atoms with Gasteiger partial charge in [0, 0.05) is 18.9 Å². The number of hydrogen-bond donors (Lipinski definition) is 3. The van der Waals surface area contributed by atoms with Crippen LogP contribution >= 0.6 is 0 Å². The van der Waals surface area contributed by atoms with E-state index < -0.39 is 0 Å². The second-order valence-electron chi connectivity index (χ2n) is 4.66. The third kappa shape index (κ3) is 4.61. The highest BCUT2D eigenvalue weighted by Crippen LogP contribution is 2.17. The molecule has 0 bridgehead atoms. The Morgan fingerprint density at radius 2 is 2.04 bits per heavy atom. The van der Waals surface area contributed by atoms with Crippen LogP contribution in [0, 0.1) is 11.3 Å². The first-order valence-corrected chi connectivity index (χ1v) is 6.95. The lowest BCUT2D eigenvalue weighted by molar-refractivity contribution is -0.121. The second-order valence-corrected chi connectivity index (χ2v) is 4.66. The topological polar surface area (TPSA) is 107 Å². The van der Waals surface area contributed by atoms with E-state index in [-0.39, 0.29) is 24.8 Å². The highest BCUT2D eigenvalue weighted by molar-refractivity contribution is 6.04. The lowest BCUT2D eigenvalue weighted by atomic mass is 10.2. The van der Waals surface area contributed by atoms with Crippen molar-refractivity contribution in [3.8, 4) is 11.8 Å². The molecule has 1 heterocycles. The average Bonchev–Trinajstić information content (AvgIpc) is 3.05. The molecule has 7 heteroatoms. The zero-order valence-electron chi connectivity index (χ0n) is 12.6. The lowest BCUT2D eigenvalue weighted by Crippen LogP contribution is -2.20. The molecule has 0 spiro atoms. The Kier molecular flexibility index (Phi) is 5.36. The molecule has 0 aliphatic heterocycles. The van der Waals surface area contributed by atoms with Crippen LogP contribution in [0.15, 0.2) is 36.5 Å². The number of ether oxygens (including phenoxy) is 1. The minimum atomic E-state index is -0.309. The average molecular weight is 312 g/mol. The monoisotopic (exact) mass is 312 g/mol. The van der Waals surface area contributed by atoms with E-state index in [0.29, 0.717) is 22.7 Å². The van der Waals surface area contributed by atoms with Gasteiger partial charge in [0.1, 0.15) is 17.5 Å². The normalized spacial score (nSPS) is 9.74. The van der Waals surface area contributed by atoms with E-state index in [1.165, 1.54) is 12.3 Å². The van der Waals surface area contributed by atoms with Gasteiger partial charge in [0.15, 0.2) is 0 Å². The van der Waals surface area contributed by atoms with Crippen LogP contribution in [-0.4, -0.2) is 30.5 Å². The van der Waals surface area contributed by atoms with Crippen molar-refractivity contribution >= 4 is 17.5 Å². The molecule has 7 nitrogen and oxygen atoms in total. The molecule has 0 unspecified atom stereocenters. The molecule has 118 valence electrons. The Bertz CT molecular complexity index is 729. The summed E-state index contributed by atoms with van der Waals surface area (Å²) in [5, 5.41) is 14.0. The molecule has 0 fully saturated rings. The van der Waals surface area contributed by atoms with E-state index in [4.69, 9.17) is 10.00 Å². The number of amides is 2. The molecule has 23 heavy (non-hydrogen) atoms. The molecule has 2 rings (SSSR count). The Morgan fingerprint density at radius 3 is 2.65 bits per heavy atom. The molecular formula is C16H16N4O3. The van der Waals surface area contributed by atoms with Gasteiger partial charge < -0.3 is 20.4 Å². The van der Waals surface area contributed by atoms with Gasteiger partial charge in [-0.05, 0) is 30.3 Å². The van der Waals surface area contributed by atoms with E-state index in [0.717, 1.165) is 0 Å². The molecule has 3 N–H and O–H groups in total. The van der Waals surface area contributed by atoms with Crippen LogP contribution in [-0.2, 0) is 4.79 Å². The second kappa shape index (κ2) is 7.66. The number of carbonyl (C=O) groups is 2. The number of aromatic nitrogens is 1. The molecule has 0 aliphatic carbocycles. The van der Waals surface area contributed by atoms with E-state index in [1.807, 2.05) is 6.07 Å². The van der Waals surface area contributed by atoms with Gasteiger partial charge in [-0.15, -0.1) is 0 Å². The van der Waals surface area contributed by atoms with E-state index in [2.05, 4.69) is 15.6 Å². The minimum Gasteiger partial charge on any atom is -0.493 e. The predicted octanol–water partition coefficient (Wildman–Crippen LogP) is 1.65. The Morgan fingerprint density at radius 1 is 1.30 bits per heavy atom. The molecule has 0 saturated heterocycles. The molecule has 1 aromatic carbocycles. The molecule has 0 radical (unpaired) electrons. The third-order valence-corrected chi connectivity index (χ3v) is 3.05. The van der Waals surface area contributed by atoms with Crippen molar-refractivity contribution < 1.29 is 14.3 Å². The zero-order valence-corrected chi connectivity index (χ0v) is 12.6.